The van der Waals surface area contributed by atoms with Crippen LogP contribution >= 0.6 is 0 Å². The van der Waals surface area contributed by atoms with E-state index in [1.165, 1.54) is 22.7 Å². The molecule has 2 N–H and O–H groups in total. The molecule has 0 unspecified atom stereocenters. The van der Waals surface area contributed by atoms with Gasteiger partial charge >= 0.3 is 5.97 Å². The molecule has 0 aliphatic heterocycles. The Morgan fingerprint density at radius 1 is 0.850 bits per heavy atom. The van der Waals surface area contributed by atoms with Crippen LogP contribution in [0.3, 0.4) is 0 Å². The molecule has 0 aliphatic rings. The highest BCUT2D eigenvalue weighted by Crippen LogP contribution is 2.28. The van der Waals surface area contributed by atoms with E-state index in [9.17, 15) is 14.0 Å². The number of benzene rings is 4. The molecule has 0 aliphatic carbocycles. The number of carbonyl (C=O) groups is 2. The number of halogens is 1. The van der Waals surface area contributed by atoms with Crippen molar-refractivity contribution in [3.63, 3.8) is 0 Å². The number of carboxylic acid groups (broad SMARTS) is 1. The van der Waals surface area contributed by atoms with Gasteiger partial charge in [-0.2, -0.15) is 0 Å². The SMILES string of the molecule is O=C(O)c1ccc(CNC(=O)c2cc(-c3ccccc3F)cn3nnc(Cc4ccc5ccccc5c4)c23)cc1. The predicted octanol–water partition coefficient (Wildman–Crippen LogP) is 5.91. The van der Waals surface area contributed by atoms with Crippen molar-refractivity contribution in [2.45, 2.75) is 13.0 Å². The molecule has 0 saturated carbocycles. The maximum atomic E-state index is 14.7. The maximum absolute atomic E-state index is 14.7. The minimum Gasteiger partial charge on any atom is -0.478 e. The Bertz CT molecular complexity index is 1900. The number of aromatic nitrogens is 3. The number of aromatic carboxylic acids is 1. The van der Waals surface area contributed by atoms with Crippen LogP contribution in [0.4, 0.5) is 4.39 Å². The fraction of sp³-hybridized carbons (Fsp3) is 0.0625. The number of carbonyl (C=O) groups excluding carboxylic acids is 1. The highest BCUT2D eigenvalue weighted by molar-refractivity contribution is 6.02. The van der Waals surface area contributed by atoms with Gasteiger partial charge in [0.2, 0.25) is 0 Å². The van der Waals surface area contributed by atoms with Gasteiger partial charge in [-0.1, -0.05) is 78.0 Å². The van der Waals surface area contributed by atoms with E-state index in [2.05, 4.69) is 33.8 Å². The van der Waals surface area contributed by atoms with E-state index in [1.54, 1.807) is 42.6 Å². The zero-order valence-electron chi connectivity index (χ0n) is 21.2. The van der Waals surface area contributed by atoms with Gasteiger partial charge in [0.1, 0.15) is 11.3 Å². The van der Waals surface area contributed by atoms with Gasteiger partial charge in [0.05, 0.1) is 16.8 Å². The molecule has 2 aromatic heterocycles. The Morgan fingerprint density at radius 2 is 1.57 bits per heavy atom. The van der Waals surface area contributed by atoms with Crippen molar-refractivity contribution >= 4 is 28.2 Å². The number of hydrogen-bond donors (Lipinski definition) is 2. The lowest BCUT2D eigenvalue weighted by atomic mass is 10.0. The number of fused-ring (bicyclic) bond motifs is 2. The monoisotopic (exact) mass is 530 g/mol. The maximum Gasteiger partial charge on any atom is 0.335 e. The fourth-order valence-electron chi connectivity index (χ4n) is 4.81. The van der Waals surface area contributed by atoms with Crippen molar-refractivity contribution in [2.24, 2.45) is 0 Å². The van der Waals surface area contributed by atoms with E-state index >= 15 is 0 Å². The zero-order chi connectivity index (χ0) is 27.6. The van der Waals surface area contributed by atoms with Gasteiger partial charge in [0.15, 0.2) is 0 Å². The number of amides is 1. The van der Waals surface area contributed by atoms with Crippen molar-refractivity contribution < 1.29 is 19.1 Å². The predicted molar refractivity (Wildman–Crippen MR) is 150 cm³/mol. The third-order valence-corrected chi connectivity index (χ3v) is 6.85. The average Bonchev–Trinajstić information content (AvgIpc) is 3.38. The Morgan fingerprint density at radius 3 is 2.35 bits per heavy atom. The van der Waals surface area contributed by atoms with Crippen LogP contribution in [-0.2, 0) is 13.0 Å². The molecule has 0 fully saturated rings. The number of pyridine rings is 1. The normalized spacial score (nSPS) is 11.1. The van der Waals surface area contributed by atoms with Crippen LogP contribution in [0.25, 0.3) is 27.4 Å². The van der Waals surface area contributed by atoms with E-state index in [0.717, 1.165) is 21.9 Å². The summed E-state index contributed by atoms with van der Waals surface area (Å²) in [5, 5.41) is 23.0. The quantitative estimate of drug-likeness (QED) is 0.268. The summed E-state index contributed by atoms with van der Waals surface area (Å²) < 4.78 is 16.2. The number of rotatable bonds is 7. The summed E-state index contributed by atoms with van der Waals surface area (Å²) in [4.78, 5) is 24.7. The Kier molecular flexibility index (Phi) is 6.49. The largest absolute Gasteiger partial charge is 0.478 e. The molecule has 6 rings (SSSR count). The van der Waals surface area contributed by atoms with Crippen LogP contribution in [0.15, 0.2) is 103 Å². The van der Waals surface area contributed by atoms with Crippen molar-refractivity contribution in [2.75, 3.05) is 0 Å². The fourth-order valence-corrected chi connectivity index (χ4v) is 4.81. The van der Waals surface area contributed by atoms with Crippen LogP contribution in [0.1, 0.15) is 37.5 Å². The number of nitrogens with zero attached hydrogens (tertiary/aromatic N) is 3. The van der Waals surface area contributed by atoms with Gasteiger partial charge in [-0.25, -0.2) is 13.7 Å². The number of hydrogen-bond acceptors (Lipinski definition) is 4. The molecule has 0 atom stereocenters. The summed E-state index contributed by atoms with van der Waals surface area (Å²) in [5.41, 5.74) is 4.21. The minimum absolute atomic E-state index is 0.165. The Hall–Kier alpha value is -5.37. The molecule has 6 aromatic rings. The van der Waals surface area contributed by atoms with E-state index in [1.807, 2.05) is 24.3 Å². The van der Waals surface area contributed by atoms with Crippen molar-refractivity contribution in [3.8, 4) is 11.1 Å². The van der Waals surface area contributed by atoms with Gasteiger partial charge in [-0.15, -0.1) is 5.10 Å². The first kappa shape index (κ1) is 24.9. The molecule has 8 heteroatoms. The lowest BCUT2D eigenvalue weighted by Crippen LogP contribution is -2.24. The first-order valence-corrected chi connectivity index (χ1v) is 12.7. The topological polar surface area (TPSA) is 96.6 Å². The molecule has 40 heavy (non-hydrogen) atoms. The van der Waals surface area contributed by atoms with E-state index < -0.39 is 11.8 Å². The summed E-state index contributed by atoms with van der Waals surface area (Å²) in [7, 11) is 0. The molecule has 2 heterocycles. The summed E-state index contributed by atoms with van der Waals surface area (Å²) in [6.45, 7) is 0.177. The van der Waals surface area contributed by atoms with E-state index in [4.69, 9.17) is 5.11 Å². The molecule has 4 aromatic carbocycles. The zero-order valence-corrected chi connectivity index (χ0v) is 21.2. The highest BCUT2D eigenvalue weighted by Gasteiger charge is 2.20. The van der Waals surface area contributed by atoms with Gasteiger partial charge in [0.25, 0.3) is 5.91 Å². The molecule has 196 valence electrons. The van der Waals surface area contributed by atoms with E-state index in [-0.39, 0.29) is 18.0 Å². The van der Waals surface area contributed by atoms with Gasteiger partial charge in [-0.05, 0) is 46.2 Å². The van der Waals surface area contributed by atoms with Crippen LogP contribution in [0, 0.1) is 5.82 Å². The molecule has 7 nitrogen and oxygen atoms in total. The summed E-state index contributed by atoms with van der Waals surface area (Å²) in [6, 6.07) is 28.5. The Labute approximate surface area is 228 Å². The summed E-state index contributed by atoms with van der Waals surface area (Å²) in [6.07, 6.45) is 2.12. The number of nitrogens with one attached hydrogen (secondary N) is 1. The average molecular weight is 531 g/mol. The third-order valence-electron chi connectivity index (χ3n) is 6.85. The van der Waals surface area contributed by atoms with Crippen LogP contribution in [0.2, 0.25) is 0 Å². The van der Waals surface area contributed by atoms with Crippen molar-refractivity contribution in [1.29, 1.82) is 0 Å². The molecule has 0 spiro atoms. The minimum atomic E-state index is -1.02. The third kappa shape index (κ3) is 4.90. The van der Waals surface area contributed by atoms with Gasteiger partial charge in [0, 0.05) is 30.3 Å². The van der Waals surface area contributed by atoms with Crippen molar-refractivity contribution in [1.82, 2.24) is 20.1 Å². The number of carboxylic acids is 1. The standard InChI is InChI=1S/C32H23FN4O3/c33-28-8-4-3-7-26(28)25-17-27(31(38)34-18-20-9-13-23(14-10-20)32(39)40)30-29(35-36-37(30)19-25)16-21-11-12-22-5-1-2-6-24(22)15-21/h1-15,17,19H,16,18H2,(H,34,38)(H,39,40). The molecular formula is C32H23FN4O3. The molecular weight excluding hydrogens is 507 g/mol. The molecule has 0 saturated heterocycles. The second-order valence-corrected chi connectivity index (χ2v) is 9.49. The molecule has 1 amide bonds. The lowest BCUT2D eigenvalue weighted by Gasteiger charge is -2.11. The second kappa shape index (κ2) is 10.4. The van der Waals surface area contributed by atoms with E-state index in [0.29, 0.717) is 34.3 Å². The van der Waals surface area contributed by atoms with Crippen molar-refractivity contribution in [3.05, 3.63) is 137 Å². The van der Waals surface area contributed by atoms with Gasteiger partial charge < -0.3 is 10.4 Å². The van der Waals surface area contributed by atoms with Crippen LogP contribution in [-0.4, -0.2) is 31.8 Å². The second-order valence-electron chi connectivity index (χ2n) is 9.49. The Balaban J connectivity index is 1.38. The first-order valence-electron chi connectivity index (χ1n) is 12.7. The lowest BCUT2D eigenvalue weighted by molar-refractivity contribution is 0.0696. The van der Waals surface area contributed by atoms with Gasteiger partial charge in [-0.3, -0.25) is 4.79 Å². The highest BCUT2D eigenvalue weighted by atomic mass is 19.1. The smallest absolute Gasteiger partial charge is 0.335 e. The molecule has 0 bridgehead atoms. The summed E-state index contributed by atoms with van der Waals surface area (Å²) >= 11 is 0. The summed E-state index contributed by atoms with van der Waals surface area (Å²) in [5.74, 6) is -1.81. The van der Waals surface area contributed by atoms with Crippen LogP contribution in [0.5, 0.6) is 0 Å². The first-order chi connectivity index (χ1) is 19.5. The van der Waals surface area contributed by atoms with Crippen LogP contribution < -0.4 is 5.32 Å². The molecule has 0 radical (unpaired) electrons.